The number of nitrogens with one attached hydrogen (secondary N) is 1. The van der Waals surface area contributed by atoms with Gasteiger partial charge < -0.3 is 0 Å². The van der Waals surface area contributed by atoms with Gasteiger partial charge in [-0.05, 0) is 30.2 Å². The second kappa shape index (κ2) is 7.19. The summed E-state index contributed by atoms with van der Waals surface area (Å²) in [7, 11) is 0. The van der Waals surface area contributed by atoms with Crippen LogP contribution in [0, 0.1) is 18.8 Å². The van der Waals surface area contributed by atoms with Gasteiger partial charge in [0.2, 0.25) is 11.8 Å². The van der Waals surface area contributed by atoms with Gasteiger partial charge in [-0.3, -0.25) is 24.5 Å². The van der Waals surface area contributed by atoms with E-state index in [2.05, 4.69) is 5.32 Å². The molecule has 1 unspecified atom stereocenters. The summed E-state index contributed by atoms with van der Waals surface area (Å²) in [6.45, 7) is 1.83. The summed E-state index contributed by atoms with van der Waals surface area (Å²) in [4.78, 5) is 56.3. The van der Waals surface area contributed by atoms with Crippen molar-refractivity contribution < 1.29 is 19.2 Å². The molecule has 1 aliphatic carbocycles. The molecule has 2 heterocycles. The Morgan fingerprint density at radius 1 is 0.824 bits per heavy atom. The molecule has 0 bridgehead atoms. The molecular weight excluding hydrogens is 452 g/mol. The highest BCUT2D eigenvalue weighted by Gasteiger charge is 2.73. The molecule has 3 aliphatic rings. The zero-order valence-corrected chi connectivity index (χ0v) is 18.9. The Balaban J connectivity index is 1.55. The van der Waals surface area contributed by atoms with Crippen LogP contribution in [0.3, 0.4) is 0 Å². The first-order valence-corrected chi connectivity index (χ1v) is 11.4. The van der Waals surface area contributed by atoms with E-state index in [9.17, 15) is 19.2 Å². The van der Waals surface area contributed by atoms with Crippen LogP contribution in [0.25, 0.3) is 0 Å². The van der Waals surface area contributed by atoms with Crippen molar-refractivity contribution in [3.8, 4) is 0 Å². The van der Waals surface area contributed by atoms with Crippen LogP contribution in [0.5, 0.6) is 0 Å². The third-order valence-corrected chi connectivity index (χ3v) is 7.67. The Morgan fingerprint density at radius 2 is 1.44 bits per heavy atom. The number of ketones is 2. The quantitative estimate of drug-likeness (QED) is 0.453. The van der Waals surface area contributed by atoms with Crippen LogP contribution in [0.4, 0.5) is 5.69 Å². The largest absolute Gasteiger partial charge is 0.291 e. The minimum Gasteiger partial charge on any atom is -0.291 e. The van der Waals surface area contributed by atoms with Crippen LogP contribution < -0.4 is 10.2 Å². The maximum Gasteiger partial charge on any atom is 0.240 e. The Labute approximate surface area is 200 Å². The molecule has 1 N–H and O–H groups in total. The van der Waals surface area contributed by atoms with E-state index < -0.39 is 46.8 Å². The predicted molar refractivity (Wildman–Crippen MR) is 126 cm³/mol. The summed E-state index contributed by atoms with van der Waals surface area (Å²) in [5.41, 5.74) is 0.578. The maximum absolute atomic E-state index is 13.9. The van der Waals surface area contributed by atoms with Gasteiger partial charge in [-0.2, -0.15) is 0 Å². The Morgan fingerprint density at radius 3 is 2.06 bits per heavy atom. The molecule has 2 fully saturated rings. The van der Waals surface area contributed by atoms with Crippen molar-refractivity contribution in [2.45, 2.75) is 18.5 Å². The molecule has 6 nitrogen and oxygen atoms in total. The second-order valence-corrected chi connectivity index (χ2v) is 9.40. The standard InChI is InChI=1S/C27H19ClN2O4/c1-14-11-12-16(13-19(14)28)30-25(33)20-21(26(30)34)27(29-22(20)15-7-3-2-4-8-15)23(31)17-9-5-6-10-18(17)24(27)32/h2-13,20-22,29H,1H3/t20-,21-,22?/m0/s1. The van der Waals surface area contributed by atoms with Crippen molar-refractivity contribution in [2.75, 3.05) is 4.90 Å². The van der Waals surface area contributed by atoms with E-state index in [1.807, 2.05) is 37.3 Å². The highest BCUT2D eigenvalue weighted by atomic mass is 35.5. The van der Waals surface area contributed by atoms with Gasteiger partial charge in [0.05, 0.1) is 17.5 Å². The van der Waals surface area contributed by atoms with Crippen LogP contribution >= 0.6 is 11.6 Å². The molecule has 7 heteroatoms. The molecule has 6 rings (SSSR count). The van der Waals surface area contributed by atoms with Crippen molar-refractivity contribution >= 4 is 40.7 Å². The van der Waals surface area contributed by atoms with E-state index in [0.717, 1.165) is 16.0 Å². The molecular formula is C27H19ClN2O4. The molecule has 0 aromatic heterocycles. The number of rotatable bonds is 2. The molecule has 3 aromatic carbocycles. The molecule has 2 aliphatic heterocycles. The SMILES string of the molecule is Cc1ccc(N2C(=O)[C@@H]3C(c4ccccc4)NC4(C(=O)c5ccccc5C4=O)[C@@H]3C2=O)cc1Cl. The zero-order valence-electron chi connectivity index (χ0n) is 18.1. The van der Waals surface area contributed by atoms with Crippen molar-refractivity contribution in [3.05, 3.63) is 100 Å². The van der Waals surface area contributed by atoms with E-state index in [1.165, 1.54) is 0 Å². The van der Waals surface area contributed by atoms with Crippen LogP contribution in [0.1, 0.15) is 37.9 Å². The van der Waals surface area contributed by atoms with Crippen molar-refractivity contribution in [1.82, 2.24) is 5.32 Å². The number of Topliss-reactive ketones (excluding diaryl/α,β-unsaturated/α-hetero) is 2. The van der Waals surface area contributed by atoms with Crippen LogP contribution in [-0.4, -0.2) is 28.9 Å². The molecule has 2 amide bonds. The van der Waals surface area contributed by atoms with Gasteiger partial charge in [-0.25, -0.2) is 4.90 Å². The van der Waals surface area contributed by atoms with Crippen molar-refractivity contribution in [2.24, 2.45) is 11.8 Å². The minimum atomic E-state index is -1.83. The van der Waals surface area contributed by atoms with Gasteiger partial charge in [0.15, 0.2) is 17.1 Å². The van der Waals surface area contributed by atoms with Gasteiger partial charge in [0.25, 0.3) is 0 Å². The molecule has 3 aromatic rings. The second-order valence-electron chi connectivity index (χ2n) is 8.99. The van der Waals surface area contributed by atoms with Gasteiger partial charge >= 0.3 is 0 Å². The van der Waals surface area contributed by atoms with Gasteiger partial charge in [0.1, 0.15) is 0 Å². The normalized spacial score (nSPS) is 24.8. The monoisotopic (exact) mass is 470 g/mol. The average Bonchev–Trinajstić information content (AvgIpc) is 3.42. The molecule has 34 heavy (non-hydrogen) atoms. The molecule has 1 spiro atoms. The lowest BCUT2D eigenvalue weighted by Crippen LogP contribution is -2.58. The van der Waals surface area contributed by atoms with Gasteiger partial charge in [-0.1, -0.05) is 72.3 Å². The molecule has 3 atom stereocenters. The first kappa shape index (κ1) is 21.0. The minimum absolute atomic E-state index is 0.268. The number of carbonyl (C=O) groups excluding carboxylic acids is 4. The number of halogens is 1. The Bertz CT molecular complexity index is 1380. The molecule has 168 valence electrons. The number of hydrogen-bond acceptors (Lipinski definition) is 5. The van der Waals surface area contributed by atoms with E-state index in [0.29, 0.717) is 10.7 Å². The van der Waals surface area contributed by atoms with Crippen LogP contribution in [-0.2, 0) is 9.59 Å². The lowest BCUT2D eigenvalue weighted by Gasteiger charge is -2.28. The first-order valence-electron chi connectivity index (χ1n) is 11.0. The van der Waals surface area contributed by atoms with E-state index in [1.54, 1.807) is 42.5 Å². The van der Waals surface area contributed by atoms with E-state index in [-0.39, 0.29) is 11.1 Å². The first-order chi connectivity index (χ1) is 16.4. The topological polar surface area (TPSA) is 83.6 Å². The summed E-state index contributed by atoms with van der Waals surface area (Å²) in [6.07, 6.45) is 0. The summed E-state index contributed by atoms with van der Waals surface area (Å²) < 4.78 is 0. The maximum atomic E-state index is 13.9. The lowest BCUT2D eigenvalue weighted by atomic mass is 9.76. The highest BCUT2D eigenvalue weighted by Crippen LogP contribution is 2.53. The smallest absolute Gasteiger partial charge is 0.240 e. The number of hydrogen-bond donors (Lipinski definition) is 1. The summed E-state index contributed by atoms with van der Waals surface area (Å²) in [5.74, 6) is -4.05. The number of fused-ring (bicyclic) bond motifs is 3. The van der Waals surface area contributed by atoms with Gasteiger partial charge in [0, 0.05) is 22.2 Å². The summed E-state index contributed by atoms with van der Waals surface area (Å²) in [6, 6.07) is 20.0. The van der Waals surface area contributed by atoms with Crippen LogP contribution in [0.15, 0.2) is 72.8 Å². The van der Waals surface area contributed by atoms with E-state index in [4.69, 9.17) is 11.6 Å². The average molecular weight is 471 g/mol. The molecule has 2 saturated heterocycles. The third kappa shape index (κ3) is 2.55. The number of anilines is 1. The molecule has 0 saturated carbocycles. The fourth-order valence-corrected chi connectivity index (χ4v) is 5.83. The summed E-state index contributed by atoms with van der Waals surface area (Å²) in [5, 5.41) is 3.61. The molecule has 0 radical (unpaired) electrons. The lowest BCUT2D eigenvalue weighted by molar-refractivity contribution is -0.123. The van der Waals surface area contributed by atoms with E-state index >= 15 is 0 Å². The third-order valence-electron chi connectivity index (χ3n) is 7.26. The van der Waals surface area contributed by atoms with Gasteiger partial charge in [-0.15, -0.1) is 0 Å². The number of aryl methyl sites for hydroxylation is 1. The van der Waals surface area contributed by atoms with Crippen molar-refractivity contribution in [3.63, 3.8) is 0 Å². The number of imide groups is 1. The number of benzene rings is 3. The number of nitrogens with zero attached hydrogens (tertiary/aromatic N) is 1. The Hall–Kier alpha value is -3.61. The Kier molecular flexibility index (Phi) is 4.43. The fraction of sp³-hybridized carbons (Fsp3) is 0.185. The fourth-order valence-electron chi connectivity index (χ4n) is 5.65. The predicted octanol–water partition coefficient (Wildman–Crippen LogP) is 3.92. The zero-order chi connectivity index (χ0) is 23.8. The number of amides is 2. The number of carbonyl (C=O) groups is 4. The van der Waals surface area contributed by atoms with Crippen molar-refractivity contribution in [1.29, 1.82) is 0 Å². The van der Waals surface area contributed by atoms with Crippen LogP contribution in [0.2, 0.25) is 5.02 Å². The summed E-state index contributed by atoms with van der Waals surface area (Å²) >= 11 is 6.29. The highest BCUT2D eigenvalue weighted by molar-refractivity contribution is 6.38.